The van der Waals surface area contributed by atoms with Crippen molar-refractivity contribution in [2.45, 2.75) is 13.8 Å². The molecule has 0 spiro atoms. The molecule has 3 rings (SSSR count). The third kappa shape index (κ3) is 4.33. The minimum Gasteiger partial charge on any atom is -0.424 e. The topological polar surface area (TPSA) is 64.1 Å². The Morgan fingerprint density at radius 1 is 0.960 bits per heavy atom. The summed E-state index contributed by atoms with van der Waals surface area (Å²) in [6.45, 7) is 3.63. The molecule has 1 N–H and O–H groups in total. The summed E-state index contributed by atoms with van der Waals surface area (Å²) in [6, 6.07) is 17.0. The minimum absolute atomic E-state index is 0.192. The number of halogens is 1. The highest BCUT2D eigenvalue weighted by molar-refractivity contribution is 14.1. The first-order valence-electron chi connectivity index (χ1n) is 7.68. The van der Waals surface area contributed by atoms with Gasteiger partial charge in [-0.05, 0) is 72.8 Å². The van der Waals surface area contributed by atoms with E-state index in [1.54, 1.807) is 12.1 Å². The van der Waals surface area contributed by atoms with E-state index in [4.69, 9.17) is 4.74 Å². The Hall–Kier alpha value is -2.48. The van der Waals surface area contributed by atoms with Gasteiger partial charge in [0.2, 0.25) is 0 Å². The van der Waals surface area contributed by atoms with Crippen molar-refractivity contribution in [2.75, 3.05) is 5.32 Å². The number of aromatic nitrogens is 2. The highest BCUT2D eigenvalue weighted by Gasteiger charge is 2.14. The van der Waals surface area contributed by atoms with Gasteiger partial charge in [-0.15, -0.1) is 0 Å². The number of nitrogens with one attached hydrogen (secondary N) is 1. The molecule has 1 heterocycles. The summed E-state index contributed by atoms with van der Waals surface area (Å²) in [5, 5.41) is 2.88. The van der Waals surface area contributed by atoms with Gasteiger partial charge in [-0.25, -0.2) is 0 Å². The molecule has 6 heteroatoms. The Labute approximate surface area is 159 Å². The van der Waals surface area contributed by atoms with Gasteiger partial charge in [0.05, 0.1) is 17.1 Å². The minimum atomic E-state index is -0.192. The van der Waals surface area contributed by atoms with Crippen LogP contribution in [0.5, 0.6) is 11.8 Å². The number of nitrogens with zero attached hydrogens (tertiary/aromatic N) is 2. The fraction of sp³-hybridized carbons (Fsp3) is 0.105. The number of para-hydroxylation sites is 1. The van der Waals surface area contributed by atoms with Crippen molar-refractivity contribution in [2.24, 2.45) is 0 Å². The second-order valence-electron chi connectivity index (χ2n) is 5.43. The number of hydrogen-bond acceptors (Lipinski definition) is 4. The normalized spacial score (nSPS) is 10.4. The lowest BCUT2D eigenvalue weighted by Crippen LogP contribution is -2.15. The van der Waals surface area contributed by atoms with Gasteiger partial charge in [0.15, 0.2) is 0 Å². The molecule has 0 fully saturated rings. The molecule has 0 atom stereocenters. The number of rotatable bonds is 4. The monoisotopic (exact) mass is 445 g/mol. The van der Waals surface area contributed by atoms with Crippen LogP contribution in [0.4, 0.5) is 5.69 Å². The molecule has 0 bridgehead atoms. The molecule has 126 valence electrons. The largest absolute Gasteiger partial charge is 0.424 e. The molecule has 0 aliphatic heterocycles. The number of anilines is 1. The van der Waals surface area contributed by atoms with Gasteiger partial charge in [0, 0.05) is 9.13 Å². The SMILES string of the molecule is Cc1nc(Oc2ccccc2)nc(C)c1NC(=O)c1ccc(I)cc1. The van der Waals surface area contributed by atoms with E-state index in [2.05, 4.69) is 37.9 Å². The number of carbonyl (C=O) groups excluding carboxylic acids is 1. The molecule has 1 amide bonds. The zero-order valence-corrected chi connectivity index (χ0v) is 15.9. The Morgan fingerprint density at radius 2 is 1.56 bits per heavy atom. The molecule has 0 radical (unpaired) electrons. The van der Waals surface area contributed by atoms with Crippen molar-refractivity contribution < 1.29 is 9.53 Å². The number of amides is 1. The molecule has 0 aliphatic rings. The summed E-state index contributed by atoms with van der Waals surface area (Å²) < 4.78 is 6.74. The highest BCUT2D eigenvalue weighted by atomic mass is 127. The predicted molar refractivity (Wildman–Crippen MR) is 105 cm³/mol. The van der Waals surface area contributed by atoms with Crippen molar-refractivity contribution >= 4 is 34.2 Å². The maximum absolute atomic E-state index is 12.4. The number of aryl methyl sites for hydroxylation is 2. The Morgan fingerprint density at radius 3 is 2.16 bits per heavy atom. The van der Waals surface area contributed by atoms with Gasteiger partial charge in [-0.3, -0.25) is 4.79 Å². The first kappa shape index (κ1) is 17.3. The van der Waals surface area contributed by atoms with Crippen molar-refractivity contribution in [1.29, 1.82) is 0 Å². The molecule has 0 saturated carbocycles. The quantitative estimate of drug-likeness (QED) is 0.590. The van der Waals surface area contributed by atoms with Crippen LogP contribution in [0, 0.1) is 17.4 Å². The fourth-order valence-electron chi connectivity index (χ4n) is 2.29. The average molecular weight is 445 g/mol. The van der Waals surface area contributed by atoms with Crippen LogP contribution in [0.3, 0.4) is 0 Å². The smallest absolute Gasteiger partial charge is 0.322 e. The molecule has 0 saturated heterocycles. The van der Waals surface area contributed by atoms with Crippen LogP contribution in [0.15, 0.2) is 54.6 Å². The molecule has 5 nitrogen and oxygen atoms in total. The van der Waals surface area contributed by atoms with E-state index in [0.29, 0.717) is 28.4 Å². The molecule has 3 aromatic rings. The fourth-order valence-corrected chi connectivity index (χ4v) is 2.65. The van der Waals surface area contributed by atoms with Crippen molar-refractivity contribution in [1.82, 2.24) is 9.97 Å². The van der Waals surface area contributed by atoms with Crippen molar-refractivity contribution in [3.63, 3.8) is 0 Å². The average Bonchev–Trinajstić information content (AvgIpc) is 2.59. The molecular formula is C19H16IN3O2. The Kier molecular flexibility index (Phi) is 5.28. The van der Waals surface area contributed by atoms with Crippen LogP contribution in [-0.4, -0.2) is 15.9 Å². The summed E-state index contributed by atoms with van der Waals surface area (Å²) >= 11 is 2.20. The van der Waals surface area contributed by atoms with Crippen LogP contribution in [0.25, 0.3) is 0 Å². The molecule has 1 aromatic heterocycles. The van der Waals surface area contributed by atoms with Crippen LogP contribution >= 0.6 is 22.6 Å². The van der Waals surface area contributed by atoms with Gasteiger partial charge in [-0.1, -0.05) is 18.2 Å². The van der Waals surface area contributed by atoms with Gasteiger partial charge in [0.1, 0.15) is 5.75 Å². The van der Waals surface area contributed by atoms with E-state index >= 15 is 0 Å². The lowest BCUT2D eigenvalue weighted by Gasteiger charge is -2.12. The third-order valence-corrected chi connectivity index (χ3v) is 4.27. The Balaban J connectivity index is 1.80. The van der Waals surface area contributed by atoms with Crippen molar-refractivity contribution in [3.8, 4) is 11.8 Å². The van der Waals surface area contributed by atoms with E-state index in [-0.39, 0.29) is 11.9 Å². The zero-order valence-electron chi connectivity index (χ0n) is 13.8. The van der Waals surface area contributed by atoms with E-state index in [1.807, 2.05) is 56.3 Å². The molecular weight excluding hydrogens is 429 g/mol. The number of carbonyl (C=O) groups is 1. The zero-order chi connectivity index (χ0) is 17.8. The summed E-state index contributed by atoms with van der Waals surface area (Å²) in [4.78, 5) is 21.1. The first-order chi connectivity index (χ1) is 12.0. The van der Waals surface area contributed by atoms with Gasteiger partial charge in [0.25, 0.3) is 5.91 Å². The first-order valence-corrected chi connectivity index (χ1v) is 8.76. The van der Waals surface area contributed by atoms with E-state index < -0.39 is 0 Å². The van der Waals surface area contributed by atoms with Crippen LogP contribution in [-0.2, 0) is 0 Å². The second kappa shape index (κ2) is 7.60. The molecule has 0 aliphatic carbocycles. The summed E-state index contributed by atoms with van der Waals surface area (Å²) in [6.07, 6.45) is 0. The standard InChI is InChI=1S/C19H16IN3O2/c1-12-17(23-18(24)14-8-10-15(20)11-9-14)13(2)22-19(21-12)25-16-6-4-3-5-7-16/h3-11H,1-2H3,(H,23,24). The second-order valence-corrected chi connectivity index (χ2v) is 6.67. The summed E-state index contributed by atoms with van der Waals surface area (Å²) in [5.41, 5.74) is 2.49. The van der Waals surface area contributed by atoms with E-state index in [1.165, 1.54) is 0 Å². The third-order valence-electron chi connectivity index (χ3n) is 3.55. The lowest BCUT2D eigenvalue weighted by molar-refractivity contribution is 0.102. The maximum atomic E-state index is 12.4. The van der Waals surface area contributed by atoms with E-state index in [0.717, 1.165) is 3.57 Å². The molecule has 0 unspecified atom stereocenters. The van der Waals surface area contributed by atoms with Gasteiger partial charge >= 0.3 is 6.01 Å². The van der Waals surface area contributed by atoms with Crippen LogP contribution < -0.4 is 10.1 Å². The molecule has 2 aromatic carbocycles. The number of benzene rings is 2. The lowest BCUT2D eigenvalue weighted by atomic mass is 10.2. The van der Waals surface area contributed by atoms with Gasteiger partial charge < -0.3 is 10.1 Å². The maximum Gasteiger partial charge on any atom is 0.322 e. The van der Waals surface area contributed by atoms with Crippen molar-refractivity contribution in [3.05, 3.63) is 75.1 Å². The van der Waals surface area contributed by atoms with Gasteiger partial charge in [-0.2, -0.15) is 9.97 Å². The van der Waals surface area contributed by atoms with E-state index in [9.17, 15) is 4.79 Å². The van der Waals surface area contributed by atoms with Crippen LogP contribution in [0.2, 0.25) is 0 Å². The molecule has 25 heavy (non-hydrogen) atoms. The van der Waals surface area contributed by atoms with Crippen LogP contribution in [0.1, 0.15) is 21.7 Å². The number of hydrogen-bond donors (Lipinski definition) is 1. The number of ether oxygens (including phenoxy) is 1. The highest BCUT2D eigenvalue weighted by Crippen LogP contribution is 2.23. The summed E-state index contributed by atoms with van der Waals surface area (Å²) in [5.74, 6) is 0.472. The Bertz CT molecular complexity index is 873. The summed E-state index contributed by atoms with van der Waals surface area (Å²) in [7, 11) is 0. The predicted octanol–water partition coefficient (Wildman–Crippen LogP) is 4.74.